The molecule has 3 N–H and O–H groups in total. The Hall–Kier alpha value is -3.58. The highest BCUT2D eigenvalue weighted by atomic mass is 16.7. The lowest BCUT2D eigenvalue weighted by molar-refractivity contribution is -0.301. The van der Waals surface area contributed by atoms with E-state index in [4.69, 9.17) is 23.7 Å². The van der Waals surface area contributed by atoms with E-state index in [1.54, 1.807) is 0 Å². The molecule has 0 spiro atoms. The Bertz CT molecular complexity index is 1670. The molecule has 0 aromatic carbocycles. The largest absolute Gasteiger partial charge is 0.479 e. The quantitative estimate of drug-likeness (QED) is 0.0228. The number of carbonyl (C=O) groups excluding carboxylic acids is 3. The molecule has 1 saturated heterocycles. The zero-order valence-corrected chi connectivity index (χ0v) is 53.2. The van der Waals surface area contributed by atoms with Crippen molar-refractivity contribution < 1.29 is 58.2 Å². The summed E-state index contributed by atoms with van der Waals surface area (Å²) in [6.45, 7) is 5.90. The van der Waals surface area contributed by atoms with Gasteiger partial charge in [0.15, 0.2) is 24.6 Å². The van der Waals surface area contributed by atoms with Crippen molar-refractivity contribution in [3.05, 3.63) is 60.8 Å². The number of aliphatic hydroxyl groups excluding tert-OH is 2. The maximum atomic E-state index is 13.2. The second-order valence-corrected chi connectivity index (χ2v) is 23.4. The molecular formula is C71H124O12. The van der Waals surface area contributed by atoms with Crippen molar-refractivity contribution in [2.75, 3.05) is 13.2 Å². The average Bonchev–Trinajstić information content (AvgIpc) is 3.57. The van der Waals surface area contributed by atoms with Gasteiger partial charge in [-0.25, -0.2) is 4.79 Å². The number of carbonyl (C=O) groups is 4. The number of rotatable bonds is 59. The van der Waals surface area contributed by atoms with E-state index in [2.05, 4.69) is 81.5 Å². The Morgan fingerprint density at radius 2 is 0.759 bits per heavy atom. The van der Waals surface area contributed by atoms with Crippen LogP contribution in [0.15, 0.2) is 60.8 Å². The van der Waals surface area contributed by atoms with Gasteiger partial charge in [0.2, 0.25) is 0 Å². The lowest BCUT2D eigenvalue weighted by atomic mass is 9.98. The minimum Gasteiger partial charge on any atom is -0.479 e. The van der Waals surface area contributed by atoms with Gasteiger partial charge in [0.25, 0.3) is 0 Å². The smallest absolute Gasteiger partial charge is 0.335 e. The average molecular weight is 1170 g/mol. The molecule has 0 aromatic rings. The van der Waals surface area contributed by atoms with Crippen LogP contribution in [0.25, 0.3) is 0 Å². The minimum absolute atomic E-state index is 0.0417. The van der Waals surface area contributed by atoms with Crippen molar-refractivity contribution >= 4 is 23.9 Å². The van der Waals surface area contributed by atoms with Crippen LogP contribution in [0.3, 0.4) is 0 Å². The number of carboxylic acid groups (broad SMARTS) is 1. The summed E-state index contributed by atoms with van der Waals surface area (Å²) in [6.07, 6.45) is 61.8. The van der Waals surface area contributed by atoms with Crippen molar-refractivity contribution in [2.45, 2.75) is 353 Å². The fraction of sp³-hybridized carbons (Fsp3) is 0.803. The van der Waals surface area contributed by atoms with Gasteiger partial charge in [-0.1, -0.05) is 274 Å². The van der Waals surface area contributed by atoms with Crippen molar-refractivity contribution in [1.29, 1.82) is 0 Å². The fourth-order valence-corrected chi connectivity index (χ4v) is 10.4. The lowest BCUT2D eigenvalue weighted by Gasteiger charge is -2.40. The van der Waals surface area contributed by atoms with Crippen molar-refractivity contribution in [1.82, 2.24) is 0 Å². The van der Waals surface area contributed by atoms with Gasteiger partial charge in [-0.2, -0.15) is 0 Å². The van der Waals surface area contributed by atoms with E-state index in [0.717, 1.165) is 103 Å². The molecule has 0 aromatic heterocycles. The molecule has 0 bridgehead atoms. The second kappa shape index (κ2) is 58.8. The predicted octanol–water partition coefficient (Wildman–Crippen LogP) is 18.7. The Morgan fingerprint density at radius 1 is 0.410 bits per heavy atom. The first-order valence-electron chi connectivity index (χ1n) is 34.3. The van der Waals surface area contributed by atoms with E-state index in [1.807, 2.05) is 0 Å². The van der Waals surface area contributed by atoms with Crippen LogP contribution in [-0.2, 0) is 42.9 Å². The zero-order chi connectivity index (χ0) is 60.3. The summed E-state index contributed by atoms with van der Waals surface area (Å²) in [5.41, 5.74) is 0. The van der Waals surface area contributed by atoms with Gasteiger partial charge in [0.1, 0.15) is 18.8 Å². The number of allylic oxidation sites excluding steroid dienone is 10. The normalized spacial score (nSPS) is 17.9. The first-order chi connectivity index (χ1) is 40.6. The number of carboxylic acids is 1. The number of aliphatic hydroxyl groups is 2. The minimum atomic E-state index is -1.91. The van der Waals surface area contributed by atoms with Crippen LogP contribution in [-0.4, -0.2) is 89.2 Å². The summed E-state index contributed by atoms with van der Waals surface area (Å²) in [5, 5.41) is 31.6. The number of aliphatic carboxylic acids is 1. The molecule has 0 saturated carbocycles. The van der Waals surface area contributed by atoms with Crippen LogP contribution >= 0.6 is 0 Å². The molecule has 6 atom stereocenters. The molecular weight excluding hydrogens is 1040 g/mol. The Balaban J connectivity index is 2.64. The topological polar surface area (TPSA) is 175 Å². The van der Waals surface area contributed by atoms with Crippen molar-refractivity contribution in [3.63, 3.8) is 0 Å². The molecule has 1 aliphatic rings. The van der Waals surface area contributed by atoms with E-state index in [9.17, 15) is 34.5 Å². The highest BCUT2D eigenvalue weighted by Gasteiger charge is 2.50. The molecule has 1 rings (SSSR count). The van der Waals surface area contributed by atoms with Gasteiger partial charge in [-0.3, -0.25) is 14.4 Å². The fourth-order valence-electron chi connectivity index (χ4n) is 10.4. The highest BCUT2D eigenvalue weighted by Crippen LogP contribution is 2.27. The SMILES string of the molecule is CC/C=C\C/C=C\C/C=C\CCCCCCCC(=O)OC1C(OCC(COC(=O)CCCCCCCCCCC/C=C\C/C=C\CCCCC)OC(=O)CCCCCCCCCCCCCCCCCCCCC)OC(C(=O)O)C(O)C1O. The standard InChI is InChI=1S/C71H124O12/c1-4-7-10-13-16-19-22-25-28-30-32-34-37-39-42-45-48-51-54-57-63(72)79-60-62(81-64(73)58-55-52-49-46-43-41-38-35-33-31-29-26-23-20-17-14-11-8-5-2)61-80-71-69(67(76)66(75)68(83-71)70(77)78)82-65(74)59-56-53-50-47-44-40-36-27-24-21-18-15-12-9-6-3/h9,12,16,18-19,21,25,27-28,36,62,66-69,71,75-76H,4-8,10-11,13-15,17,20,22-24,26,29-35,37-61H2,1-3H3,(H,77,78)/b12-9-,19-16-,21-18-,28-25-,36-27-. The van der Waals surface area contributed by atoms with Crippen molar-refractivity contribution in [3.8, 4) is 0 Å². The molecule has 12 heteroatoms. The van der Waals surface area contributed by atoms with Gasteiger partial charge in [-0.15, -0.1) is 0 Å². The maximum absolute atomic E-state index is 13.2. The van der Waals surface area contributed by atoms with E-state index >= 15 is 0 Å². The molecule has 0 aliphatic carbocycles. The van der Waals surface area contributed by atoms with Crippen molar-refractivity contribution in [2.24, 2.45) is 0 Å². The molecule has 1 heterocycles. The second-order valence-electron chi connectivity index (χ2n) is 23.4. The maximum Gasteiger partial charge on any atom is 0.335 e. The van der Waals surface area contributed by atoms with Gasteiger partial charge >= 0.3 is 23.9 Å². The molecule has 1 aliphatic heterocycles. The van der Waals surface area contributed by atoms with Crippen LogP contribution in [0.5, 0.6) is 0 Å². The van der Waals surface area contributed by atoms with E-state index < -0.39 is 67.3 Å². The number of esters is 3. The summed E-state index contributed by atoms with van der Waals surface area (Å²) in [5.74, 6) is -3.12. The third kappa shape index (κ3) is 48.3. The molecule has 1 fully saturated rings. The summed E-state index contributed by atoms with van der Waals surface area (Å²) in [7, 11) is 0. The predicted molar refractivity (Wildman–Crippen MR) is 340 cm³/mol. The van der Waals surface area contributed by atoms with Gasteiger partial charge in [0.05, 0.1) is 6.61 Å². The monoisotopic (exact) mass is 1170 g/mol. The molecule has 480 valence electrons. The Labute approximate surface area is 506 Å². The summed E-state index contributed by atoms with van der Waals surface area (Å²) in [4.78, 5) is 51.4. The number of hydrogen-bond donors (Lipinski definition) is 3. The summed E-state index contributed by atoms with van der Waals surface area (Å²) in [6, 6.07) is 0. The summed E-state index contributed by atoms with van der Waals surface area (Å²) < 4.78 is 28.6. The van der Waals surface area contributed by atoms with E-state index in [0.29, 0.717) is 19.3 Å². The molecule has 83 heavy (non-hydrogen) atoms. The molecule has 6 unspecified atom stereocenters. The first-order valence-corrected chi connectivity index (χ1v) is 34.3. The third-order valence-electron chi connectivity index (χ3n) is 15.6. The van der Waals surface area contributed by atoms with Crippen LogP contribution in [0.2, 0.25) is 0 Å². The first kappa shape index (κ1) is 77.4. The van der Waals surface area contributed by atoms with E-state index in [-0.39, 0.29) is 25.9 Å². The Morgan fingerprint density at radius 3 is 1.18 bits per heavy atom. The van der Waals surface area contributed by atoms with Gasteiger partial charge in [0, 0.05) is 19.3 Å². The summed E-state index contributed by atoms with van der Waals surface area (Å²) >= 11 is 0. The van der Waals surface area contributed by atoms with Crippen LogP contribution in [0.4, 0.5) is 0 Å². The number of hydrogen-bond acceptors (Lipinski definition) is 11. The van der Waals surface area contributed by atoms with Gasteiger partial charge in [-0.05, 0) is 83.5 Å². The molecule has 0 radical (unpaired) electrons. The van der Waals surface area contributed by atoms with E-state index in [1.165, 1.54) is 154 Å². The van der Waals surface area contributed by atoms with Crippen LogP contribution in [0, 0.1) is 0 Å². The third-order valence-corrected chi connectivity index (χ3v) is 15.6. The zero-order valence-electron chi connectivity index (χ0n) is 53.2. The van der Waals surface area contributed by atoms with Gasteiger partial charge < -0.3 is 39.0 Å². The van der Waals surface area contributed by atoms with Crippen LogP contribution < -0.4 is 0 Å². The number of ether oxygens (including phenoxy) is 5. The molecule has 0 amide bonds. The Kier molecular flexibility index (Phi) is 54.8. The number of unbranched alkanes of at least 4 members (excludes halogenated alkanes) is 35. The van der Waals surface area contributed by atoms with Crippen LogP contribution in [0.1, 0.15) is 316 Å². The highest BCUT2D eigenvalue weighted by molar-refractivity contribution is 5.74. The molecule has 12 nitrogen and oxygen atoms in total. The lowest BCUT2D eigenvalue weighted by Crippen LogP contribution is -2.61.